The van der Waals surface area contributed by atoms with E-state index in [0.717, 1.165) is 13.1 Å². The number of halogens is 3. The van der Waals surface area contributed by atoms with Gasteiger partial charge in [-0.1, -0.05) is 0 Å². The van der Waals surface area contributed by atoms with Crippen molar-refractivity contribution in [2.75, 3.05) is 25.5 Å². The Morgan fingerprint density at radius 1 is 1.60 bits per heavy atom. The van der Waals surface area contributed by atoms with Gasteiger partial charge in [0.25, 0.3) is 0 Å². The lowest BCUT2D eigenvalue weighted by molar-refractivity contribution is 0.299. The lowest BCUT2D eigenvalue weighted by Crippen LogP contribution is -2.22. The summed E-state index contributed by atoms with van der Waals surface area (Å²) in [6.45, 7) is 2.31. The third-order valence-electron chi connectivity index (χ3n) is 1.62. The van der Waals surface area contributed by atoms with Crippen molar-refractivity contribution in [1.82, 2.24) is 4.90 Å². The fraction of sp³-hybridized carbons (Fsp3) is 1.00. The molecule has 1 nitrogen and oxygen atoms in total. The molecular weight excluding hydrogens is 176 g/mol. The van der Waals surface area contributed by atoms with Crippen LogP contribution in [0.2, 0.25) is 0 Å². The minimum Gasteiger partial charge on any atom is -0.299 e. The van der Waals surface area contributed by atoms with Crippen LogP contribution in [-0.2, 0) is 0 Å². The maximum atomic E-state index is 12.4. The van der Waals surface area contributed by atoms with Crippen LogP contribution in [0.1, 0.15) is 6.42 Å². The molecule has 0 aromatic carbocycles. The van der Waals surface area contributed by atoms with Crippen molar-refractivity contribution in [2.45, 2.75) is 12.6 Å². The smallest absolute Gasteiger partial charge is 0.114 e. The normalized spacial score (nSPS) is 26.4. The molecule has 0 N–H and O–H groups in total. The van der Waals surface area contributed by atoms with E-state index in [1.54, 1.807) is 0 Å². The van der Waals surface area contributed by atoms with Crippen LogP contribution in [0, 0.1) is 0 Å². The van der Waals surface area contributed by atoms with E-state index in [4.69, 9.17) is 11.6 Å². The second kappa shape index (κ2) is 5.16. The molecule has 0 radical (unpaired) electrons. The number of likely N-dealkylation sites (tertiary alicyclic amines) is 1. The molecular formula is C6H12Cl2FN. The first-order valence-corrected chi connectivity index (χ1v) is 3.79. The third kappa shape index (κ3) is 3.04. The lowest BCUT2D eigenvalue weighted by atomic mass is 10.3. The zero-order valence-corrected chi connectivity index (χ0v) is 7.30. The third-order valence-corrected chi connectivity index (χ3v) is 1.78. The van der Waals surface area contributed by atoms with E-state index in [-0.39, 0.29) is 12.4 Å². The van der Waals surface area contributed by atoms with Crippen LogP contribution < -0.4 is 0 Å². The summed E-state index contributed by atoms with van der Waals surface area (Å²) in [4.78, 5) is 2.05. The highest BCUT2D eigenvalue weighted by molar-refractivity contribution is 6.18. The van der Waals surface area contributed by atoms with Crippen molar-refractivity contribution < 1.29 is 4.39 Å². The van der Waals surface area contributed by atoms with E-state index < -0.39 is 6.17 Å². The summed E-state index contributed by atoms with van der Waals surface area (Å²) < 4.78 is 12.4. The number of rotatable bonds is 2. The first-order chi connectivity index (χ1) is 4.33. The molecule has 4 heteroatoms. The molecule has 10 heavy (non-hydrogen) atoms. The largest absolute Gasteiger partial charge is 0.299 e. The molecule has 0 aliphatic carbocycles. The zero-order valence-electron chi connectivity index (χ0n) is 5.72. The van der Waals surface area contributed by atoms with Crippen LogP contribution in [0.5, 0.6) is 0 Å². The van der Waals surface area contributed by atoms with Crippen LogP contribution in [0.15, 0.2) is 0 Å². The van der Waals surface area contributed by atoms with Gasteiger partial charge in [-0.05, 0) is 6.42 Å². The van der Waals surface area contributed by atoms with E-state index >= 15 is 0 Å². The summed E-state index contributed by atoms with van der Waals surface area (Å²) in [5.74, 6) is 0.618. The zero-order chi connectivity index (χ0) is 6.69. The Hall–Kier alpha value is 0.470. The van der Waals surface area contributed by atoms with E-state index in [1.807, 2.05) is 0 Å². The molecule has 0 aromatic rings. The van der Waals surface area contributed by atoms with Gasteiger partial charge in [-0.3, -0.25) is 4.90 Å². The van der Waals surface area contributed by atoms with Gasteiger partial charge in [0.15, 0.2) is 0 Å². The quantitative estimate of drug-likeness (QED) is 0.596. The molecule has 62 valence electrons. The van der Waals surface area contributed by atoms with Crippen molar-refractivity contribution in [2.24, 2.45) is 0 Å². The van der Waals surface area contributed by atoms with Crippen molar-refractivity contribution in [3.8, 4) is 0 Å². The first-order valence-electron chi connectivity index (χ1n) is 3.25. The van der Waals surface area contributed by atoms with Gasteiger partial charge in [0.05, 0.1) is 0 Å². The van der Waals surface area contributed by atoms with Crippen LogP contribution in [0.4, 0.5) is 4.39 Å². The van der Waals surface area contributed by atoms with Crippen LogP contribution in [0.3, 0.4) is 0 Å². The molecule has 0 unspecified atom stereocenters. The summed E-state index contributed by atoms with van der Waals surface area (Å²) in [6, 6.07) is 0. The number of nitrogens with zero attached hydrogens (tertiary/aromatic N) is 1. The van der Waals surface area contributed by atoms with Gasteiger partial charge in [-0.15, -0.1) is 24.0 Å². The fourth-order valence-corrected chi connectivity index (χ4v) is 1.35. The summed E-state index contributed by atoms with van der Waals surface area (Å²) >= 11 is 5.47. The molecule has 0 saturated carbocycles. The highest BCUT2D eigenvalue weighted by Gasteiger charge is 2.20. The molecule has 1 aliphatic heterocycles. The van der Waals surface area contributed by atoms with E-state index in [1.165, 1.54) is 0 Å². The molecule has 1 atom stereocenters. The Bertz CT molecular complexity index is 89.8. The molecule has 0 amide bonds. The van der Waals surface area contributed by atoms with Crippen molar-refractivity contribution in [3.05, 3.63) is 0 Å². The average molecular weight is 188 g/mol. The second-order valence-electron chi connectivity index (χ2n) is 2.38. The Morgan fingerprint density at radius 2 is 2.30 bits per heavy atom. The Labute approximate surface area is 71.9 Å². The van der Waals surface area contributed by atoms with Crippen LogP contribution in [-0.4, -0.2) is 36.6 Å². The van der Waals surface area contributed by atoms with Gasteiger partial charge < -0.3 is 0 Å². The first kappa shape index (κ1) is 10.5. The van der Waals surface area contributed by atoms with Crippen LogP contribution in [0.25, 0.3) is 0 Å². The van der Waals surface area contributed by atoms with Gasteiger partial charge in [0, 0.05) is 25.5 Å². The molecule has 1 rings (SSSR count). The SMILES string of the molecule is Cl.F[C@H]1CCN(CCCl)C1. The highest BCUT2D eigenvalue weighted by Crippen LogP contribution is 2.11. The molecule has 0 spiro atoms. The van der Waals surface area contributed by atoms with Gasteiger partial charge in [-0.25, -0.2) is 4.39 Å². The van der Waals surface area contributed by atoms with Gasteiger partial charge in [0.2, 0.25) is 0 Å². The van der Waals surface area contributed by atoms with Crippen molar-refractivity contribution in [1.29, 1.82) is 0 Å². The maximum absolute atomic E-state index is 12.4. The molecule has 1 aliphatic rings. The Morgan fingerprint density at radius 3 is 2.70 bits per heavy atom. The fourth-order valence-electron chi connectivity index (χ4n) is 1.11. The van der Waals surface area contributed by atoms with E-state index in [2.05, 4.69) is 4.90 Å². The van der Waals surface area contributed by atoms with E-state index in [0.29, 0.717) is 18.8 Å². The van der Waals surface area contributed by atoms with Gasteiger partial charge >= 0.3 is 0 Å². The summed E-state index contributed by atoms with van der Waals surface area (Å²) in [5.41, 5.74) is 0. The number of hydrogen-bond acceptors (Lipinski definition) is 1. The monoisotopic (exact) mass is 187 g/mol. The summed E-state index contributed by atoms with van der Waals surface area (Å²) in [6.07, 6.45) is 0.0879. The molecule has 1 saturated heterocycles. The summed E-state index contributed by atoms with van der Waals surface area (Å²) in [7, 11) is 0. The average Bonchev–Trinajstić information content (AvgIpc) is 2.17. The predicted molar refractivity (Wildman–Crippen MR) is 43.9 cm³/mol. The van der Waals surface area contributed by atoms with E-state index in [9.17, 15) is 4.39 Å². The topological polar surface area (TPSA) is 3.24 Å². The van der Waals surface area contributed by atoms with Crippen molar-refractivity contribution >= 4 is 24.0 Å². The van der Waals surface area contributed by atoms with Crippen LogP contribution >= 0.6 is 24.0 Å². The maximum Gasteiger partial charge on any atom is 0.114 e. The Balaban J connectivity index is 0.000000810. The standard InChI is InChI=1S/C6H11ClFN.ClH/c7-2-4-9-3-1-6(8)5-9;/h6H,1-5H2;1H/t6-;/m0./s1. The molecule has 0 aromatic heterocycles. The second-order valence-corrected chi connectivity index (χ2v) is 2.75. The Kier molecular flexibility index (Phi) is 5.41. The minimum atomic E-state index is -0.604. The number of hydrogen-bond donors (Lipinski definition) is 0. The van der Waals surface area contributed by atoms with Gasteiger partial charge in [0.1, 0.15) is 6.17 Å². The number of alkyl halides is 2. The summed E-state index contributed by atoms with van der Waals surface area (Å²) in [5, 5.41) is 0. The highest BCUT2D eigenvalue weighted by atomic mass is 35.5. The van der Waals surface area contributed by atoms with Crippen molar-refractivity contribution in [3.63, 3.8) is 0 Å². The lowest BCUT2D eigenvalue weighted by Gasteiger charge is -2.10. The molecule has 1 heterocycles. The predicted octanol–water partition coefficient (Wildman–Crippen LogP) is 1.69. The minimum absolute atomic E-state index is 0. The van der Waals surface area contributed by atoms with Gasteiger partial charge in [-0.2, -0.15) is 0 Å². The molecule has 1 fully saturated rings. The molecule has 0 bridgehead atoms.